The van der Waals surface area contributed by atoms with Crippen molar-refractivity contribution in [2.24, 2.45) is 0 Å². The van der Waals surface area contributed by atoms with Crippen molar-refractivity contribution in [1.29, 1.82) is 0 Å². The average Bonchev–Trinajstić information content (AvgIpc) is 3.94. The predicted octanol–water partition coefficient (Wildman–Crippen LogP) is 13.7. The molecule has 0 fully saturated rings. The number of nitrogens with zero attached hydrogens (tertiary/aromatic N) is 3. The van der Waals surface area contributed by atoms with Crippen LogP contribution in [0.15, 0.2) is 168 Å². The zero-order chi connectivity index (χ0) is 36.9. The minimum atomic E-state index is -0.0548. The van der Waals surface area contributed by atoms with E-state index in [2.05, 4.69) is 162 Å². The second kappa shape index (κ2) is 13.4. The molecule has 0 unspecified atom stereocenters. The number of benzene rings is 7. The first-order valence-electron chi connectivity index (χ1n) is 19.5. The van der Waals surface area contributed by atoms with Gasteiger partial charge in [0.15, 0.2) is 0 Å². The Morgan fingerprint density at radius 2 is 0.945 bits per heavy atom. The fourth-order valence-electron chi connectivity index (χ4n) is 9.22. The van der Waals surface area contributed by atoms with E-state index in [0.29, 0.717) is 11.8 Å². The molecule has 0 spiro atoms. The van der Waals surface area contributed by atoms with Crippen LogP contribution in [0.4, 0.5) is 0 Å². The van der Waals surface area contributed by atoms with Crippen LogP contribution in [0.3, 0.4) is 0 Å². The van der Waals surface area contributed by atoms with E-state index in [1.807, 2.05) is 30.3 Å². The van der Waals surface area contributed by atoms with Crippen LogP contribution in [0.5, 0.6) is 0 Å². The second-order valence-corrected chi connectivity index (χ2v) is 14.9. The molecule has 1 aliphatic rings. The summed E-state index contributed by atoms with van der Waals surface area (Å²) in [6.45, 7) is 4.66. The maximum absolute atomic E-state index is 6.06. The number of hydrogen-bond acceptors (Lipinski definition) is 3. The molecule has 266 valence electrons. The SMILES string of the molecule is CCCC1(CCC)c2cc(-c3ccc(-c4nnc(-c5ccccc5)o4)cc3)ccc2-c2ccc(-c3ccc4c5ccccc5n(-c5ccccc5)c4c3)cc21. The standard InChI is InChI=1S/C51H41N3O/c1-3-29-51(30-4-2)45-31-37(34-19-21-36(22-20-34)50-53-52-49(55-50)35-13-7-5-8-14-35)23-26-41(45)42-27-24-38(32-46(42)51)39-25-28-44-43-17-11-12-18-47(43)54(48(44)33-39)40-15-9-6-10-16-40/h5-28,31-33H,3-4,29-30H2,1-2H3. The van der Waals surface area contributed by atoms with Crippen LogP contribution >= 0.6 is 0 Å². The van der Waals surface area contributed by atoms with E-state index in [0.717, 1.165) is 36.8 Å². The van der Waals surface area contributed by atoms with Crippen LogP contribution in [0.1, 0.15) is 50.7 Å². The topological polar surface area (TPSA) is 43.9 Å². The summed E-state index contributed by atoms with van der Waals surface area (Å²) in [7, 11) is 0. The lowest BCUT2D eigenvalue weighted by molar-refractivity contribution is 0.436. The van der Waals surface area contributed by atoms with Crippen molar-refractivity contribution in [3.05, 3.63) is 175 Å². The Kier molecular flexibility index (Phi) is 8.06. The van der Waals surface area contributed by atoms with Gasteiger partial charge in [0.2, 0.25) is 11.8 Å². The molecule has 9 aromatic rings. The molecule has 55 heavy (non-hydrogen) atoms. The highest BCUT2D eigenvalue weighted by Crippen LogP contribution is 2.55. The molecular weight excluding hydrogens is 671 g/mol. The molecule has 0 N–H and O–H groups in total. The summed E-state index contributed by atoms with van der Waals surface area (Å²) in [5.74, 6) is 1.05. The molecule has 7 aromatic carbocycles. The van der Waals surface area contributed by atoms with E-state index < -0.39 is 0 Å². The molecule has 0 atom stereocenters. The number of rotatable bonds is 9. The lowest BCUT2D eigenvalue weighted by Gasteiger charge is -2.32. The average molecular weight is 712 g/mol. The maximum Gasteiger partial charge on any atom is 0.248 e. The fourth-order valence-corrected chi connectivity index (χ4v) is 9.22. The third-order valence-electron chi connectivity index (χ3n) is 11.6. The molecule has 0 saturated carbocycles. The van der Waals surface area contributed by atoms with E-state index >= 15 is 0 Å². The molecule has 4 heteroatoms. The molecule has 4 nitrogen and oxygen atoms in total. The lowest BCUT2D eigenvalue weighted by atomic mass is 9.71. The Morgan fingerprint density at radius 1 is 0.455 bits per heavy atom. The van der Waals surface area contributed by atoms with Crippen molar-refractivity contribution in [2.75, 3.05) is 0 Å². The van der Waals surface area contributed by atoms with Crippen LogP contribution in [0.25, 0.3) is 83.8 Å². The highest BCUT2D eigenvalue weighted by Gasteiger charge is 2.42. The maximum atomic E-state index is 6.06. The van der Waals surface area contributed by atoms with E-state index in [-0.39, 0.29) is 5.41 Å². The summed E-state index contributed by atoms with van der Waals surface area (Å²) in [5, 5.41) is 11.2. The van der Waals surface area contributed by atoms with Crippen molar-refractivity contribution in [3.63, 3.8) is 0 Å². The minimum absolute atomic E-state index is 0.0548. The summed E-state index contributed by atoms with van der Waals surface area (Å²) in [5.41, 5.74) is 16.0. The predicted molar refractivity (Wildman–Crippen MR) is 226 cm³/mol. The summed E-state index contributed by atoms with van der Waals surface area (Å²) in [6, 6.07) is 59.3. The Hall–Kier alpha value is -6.52. The molecule has 1 aliphatic carbocycles. The molecule has 0 amide bonds. The van der Waals surface area contributed by atoms with Crippen molar-refractivity contribution >= 4 is 21.8 Å². The van der Waals surface area contributed by atoms with Gasteiger partial charge in [-0.2, -0.15) is 0 Å². The third kappa shape index (κ3) is 5.43. The molecule has 0 radical (unpaired) electrons. The van der Waals surface area contributed by atoms with Crippen molar-refractivity contribution < 1.29 is 4.42 Å². The van der Waals surface area contributed by atoms with Gasteiger partial charge in [0.1, 0.15) is 0 Å². The zero-order valence-electron chi connectivity index (χ0n) is 31.2. The monoisotopic (exact) mass is 711 g/mol. The largest absolute Gasteiger partial charge is 0.416 e. The molecule has 2 heterocycles. The minimum Gasteiger partial charge on any atom is -0.416 e. The second-order valence-electron chi connectivity index (χ2n) is 14.9. The third-order valence-corrected chi connectivity index (χ3v) is 11.6. The number of hydrogen-bond donors (Lipinski definition) is 0. The number of fused-ring (bicyclic) bond motifs is 6. The van der Waals surface area contributed by atoms with Crippen LogP contribution < -0.4 is 0 Å². The summed E-state index contributed by atoms with van der Waals surface area (Å²) >= 11 is 0. The first kappa shape index (κ1) is 33.1. The highest BCUT2D eigenvalue weighted by atomic mass is 16.4. The highest BCUT2D eigenvalue weighted by molar-refractivity contribution is 6.10. The molecule has 0 aliphatic heterocycles. The Labute approximate surface area is 321 Å². The van der Waals surface area contributed by atoms with Gasteiger partial charge in [0.05, 0.1) is 11.0 Å². The summed E-state index contributed by atoms with van der Waals surface area (Å²) in [4.78, 5) is 0. The van der Waals surface area contributed by atoms with Gasteiger partial charge in [-0.15, -0.1) is 10.2 Å². The summed E-state index contributed by atoms with van der Waals surface area (Å²) in [6.07, 6.45) is 4.43. The van der Waals surface area contributed by atoms with Crippen molar-refractivity contribution in [3.8, 4) is 62.0 Å². The van der Waals surface area contributed by atoms with Gasteiger partial charge in [-0.1, -0.05) is 130 Å². The first-order chi connectivity index (χ1) is 27.1. The van der Waals surface area contributed by atoms with E-state index in [1.165, 1.54) is 72.0 Å². The fraction of sp³-hybridized carbons (Fsp3) is 0.137. The van der Waals surface area contributed by atoms with Gasteiger partial charge in [0, 0.05) is 33.0 Å². The van der Waals surface area contributed by atoms with Gasteiger partial charge in [0.25, 0.3) is 0 Å². The Bertz CT molecular complexity index is 2820. The molecule has 0 saturated heterocycles. The van der Waals surface area contributed by atoms with Crippen LogP contribution in [-0.4, -0.2) is 14.8 Å². The number of para-hydroxylation sites is 2. The molecule has 0 bridgehead atoms. The van der Waals surface area contributed by atoms with Gasteiger partial charge in [-0.25, -0.2) is 0 Å². The Morgan fingerprint density at radius 3 is 1.60 bits per heavy atom. The van der Waals surface area contributed by atoms with Gasteiger partial charge in [-0.3, -0.25) is 0 Å². The molecule has 10 rings (SSSR count). The van der Waals surface area contributed by atoms with Crippen LogP contribution in [0.2, 0.25) is 0 Å². The molecule has 2 aromatic heterocycles. The van der Waals surface area contributed by atoms with Gasteiger partial charge in [-0.05, 0) is 118 Å². The van der Waals surface area contributed by atoms with Gasteiger partial charge < -0.3 is 8.98 Å². The Balaban J connectivity index is 1.04. The smallest absolute Gasteiger partial charge is 0.248 e. The van der Waals surface area contributed by atoms with Crippen molar-refractivity contribution in [2.45, 2.75) is 44.9 Å². The van der Waals surface area contributed by atoms with E-state index in [4.69, 9.17) is 4.42 Å². The van der Waals surface area contributed by atoms with E-state index in [9.17, 15) is 0 Å². The van der Waals surface area contributed by atoms with Crippen LogP contribution in [-0.2, 0) is 5.41 Å². The normalized spacial score (nSPS) is 13.0. The quantitative estimate of drug-likeness (QED) is 0.150. The zero-order valence-corrected chi connectivity index (χ0v) is 31.2. The van der Waals surface area contributed by atoms with Crippen LogP contribution in [0, 0.1) is 0 Å². The lowest BCUT2D eigenvalue weighted by Crippen LogP contribution is -2.25. The summed E-state index contributed by atoms with van der Waals surface area (Å²) < 4.78 is 8.47. The van der Waals surface area contributed by atoms with Crippen molar-refractivity contribution in [1.82, 2.24) is 14.8 Å². The van der Waals surface area contributed by atoms with E-state index in [1.54, 1.807) is 0 Å². The van der Waals surface area contributed by atoms with Gasteiger partial charge >= 0.3 is 0 Å². The first-order valence-corrected chi connectivity index (χ1v) is 19.5. The number of aromatic nitrogens is 3. The molecular formula is C51H41N3O.